The maximum absolute atomic E-state index is 10.0. The van der Waals surface area contributed by atoms with Gasteiger partial charge in [0.1, 0.15) is 18.3 Å². The molecule has 0 spiro atoms. The van der Waals surface area contributed by atoms with E-state index in [2.05, 4.69) is 20.1 Å². The van der Waals surface area contributed by atoms with Crippen LogP contribution in [0.15, 0.2) is 23.6 Å². The summed E-state index contributed by atoms with van der Waals surface area (Å²) in [6.45, 7) is -0.425. The quantitative estimate of drug-likeness (QED) is 0.411. The molecule has 0 aromatic carbocycles. The molecular formula is C11H12N6O4. The summed E-state index contributed by atoms with van der Waals surface area (Å²) in [5, 5.41) is 37.0. The van der Waals surface area contributed by atoms with Crippen LogP contribution in [0.2, 0.25) is 0 Å². The number of aliphatic hydroxyl groups is 3. The summed E-state index contributed by atoms with van der Waals surface area (Å²) in [6, 6.07) is 1.53. The summed E-state index contributed by atoms with van der Waals surface area (Å²) in [6.07, 6.45) is -1.49. The van der Waals surface area contributed by atoms with Gasteiger partial charge in [-0.25, -0.2) is 9.67 Å². The topological polar surface area (TPSA) is 149 Å². The van der Waals surface area contributed by atoms with Gasteiger partial charge in [-0.3, -0.25) is 0 Å². The molecular weight excluding hydrogens is 280 g/mol. The van der Waals surface area contributed by atoms with Crippen LogP contribution in [0.4, 0.5) is 5.69 Å². The lowest BCUT2D eigenvalue weighted by atomic mass is 10.1. The van der Waals surface area contributed by atoms with E-state index in [-0.39, 0.29) is 0 Å². The van der Waals surface area contributed by atoms with Crippen LogP contribution in [-0.4, -0.2) is 55.0 Å². The number of nitrogens with zero attached hydrogens (tertiary/aromatic N) is 6. The molecule has 3 rings (SSSR count). The van der Waals surface area contributed by atoms with Crippen LogP contribution in [0, 0.1) is 0 Å². The molecule has 0 bridgehead atoms. The first-order valence-corrected chi connectivity index (χ1v) is 6.17. The third-order valence-corrected chi connectivity index (χ3v) is 3.38. The molecule has 110 valence electrons. The van der Waals surface area contributed by atoms with Gasteiger partial charge in [0, 0.05) is 16.5 Å². The highest BCUT2D eigenvalue weighted by Crippen LogP contribution is 2.32. The number of aliphatic hydroxyl groups excluding tert-OH is 3. The van der Waals surface area contributed by atoms with Gasteiger partial charge in [0.25, 0.3) is 0 Å². The maximum atomic E-state index is 10.0. The van der Waals surface area contributed by atoms with Gasteiger partial charge in [-0.15, -0.1) is 0 Å². The zero-order valence-corrected chi connectivity index (χ0v) is 10.7. The maximum Gasteiger partial charge on any atom is 0.181 e. The van der Waals surface area contributed by atoms with Gasteiger partial charge < -0.3 is 20.1 Å². The van der Waals surface area contributed by atoms with Crippen molar-refractivity contribution < 1.29 is 20.1 Å². The average Bonchev–Trinajstić information content (AvgIpc) is 3.03. The predicted molar refractivity (Wildman–Crippen MR) is 69.3 cm³/mol. The second-order valence-corrected chi connectivity index (χ2v) is 4.57. The summed E-state index contributed by atoms with van der Waals surface area (Å²) in [5.74, 6) is 0. The molecule has 0 amide bonds. The number of aromatic nitrogens is 3. The second-order valence-electron chi connectivity index (χ2n) is 4.57. The molecule has 0 saturated carbocycles. The zero-order valence-electron chi connectivity index (χ0n) is 10.7. The van der Waals surface area contributed by atoms with Gasteiger partial charge in [-0.1, -0.05) is 5.11 Å². The van der Waals surface area contributed by atoms with Crippen molar-refractivity contribution in [3.63, 3.8) is 0 Å². The van der Waals surface area contributed by atoms with E-state index >= 15 is 0 Å². The number of fused-ring (bicyclic) bond motifs is 1. The largest absolute Gasteiger partial charge is 0.394 e. The van der Waals surface area contributed by atoms with Crippen LogP contribution in [-0.2, 0) is 4.74 Å². The highest BCUT2D eigenvalue weighted by Gasteiger charge is 2.44. The van der Waals surface area contributed by atoms with Crippen molar-refractivity contribution in [1.82, 2.24) is 14.8 Å². The van der Waals surface area contributed by atoms with Crippen molar-refractivity contribution in [1.29, 1.82) is 0 Å². The normalized spacial score (nSPS) is 28.7. The van der Waals surface area contributed by atoms with E-state index in [1.165, 1.54) is 23.1 Å². The Hall–Kier alpha value is -2.23. The van der Waals surface area contributed by atoms with Gasteiger partial charge >= 0.3 is 0 Å². The van der Waals surface area contributed by atoms with Gasteiger partial charge in [0.2, 0.25) is 0 Å². The molecule has 10 heteroatoms. The molecule has 0 aliphatic carbocycles. The summed E-state index contributed by atoms with van der Waals surface area (Å²) < 4.78 is 6.68. The van der Waals surface area contributed by atoms with E-state index in [0.29, 0.717) is 16.7 Å². The molecule has 21 heavy (non-hydrogen) atoms. The van der Waals surface area contributed by atoms with E-state index < -0.39 is 31.1 Å². The Labute approximate surface area is 117 Å². The average molecular weight is 292 g/mol. The fraction of sp³-hybridized carbons (Fsp3) is 0.455. The number of pyridine rings is 1. The Morgan fingerprint density at radius 3 is 2.90 bits per heavy atom. The van der Waals surface area contributed by atoms with Crippen LogP contribution >= 0.6 is 0 Å². The van der Waals surface area contributed by atoms with Crippen molar-refractivity contribution in [3.8, 4) is 0 Å². The van der Waals surface area contributed by atoms with Crippen molar-refractivity contribution in [2.24, 2.45) is 5.11 Å². The molecule has 1 aliphatic heterocycles. The molecule has 3 N–H and O–H groups in total. The minimum atomic E-state index is -1.25. The Morgan fingerprint density at radius 2 is 2.24 bits per heavy atom. The van der Waals surface area contributed by atoms with Crippen LogP contribution in [0.25, 0.3) is 21.5 Å². The minimum Gasteiger partial charge on any atom is -0.394 e. The fourth-order valence-corrected chi connectivity index (χ4v) is 2.34. The second kappa shape index (κ2) is 5.28. The molecule has 2 aromatic rings. The Balaban J connectivity index is 2.06. The van der Waals surface area contributed by atoms with Gasteiger partial charge in [0.15, 0.2) is 11.9 Å². The molecule has 1 aliphatic rings. The number of hydrogen-bond donors (Lipinski definition) is 3. The van der Waals surface area contributed by atoms with E-state index in [1.54, 1.807) is 0 Å². The lowest BCUT2D eigenvalue weighted by Gasteiger charge is -2.15. The van der Waals surface area contributed by atoms with Crippen molar-refractivity contribution in [2.45, 2.75) is 24.5 Å². The fourth-order valence-electron chi connectivity index (χ4n) is 2.34. The third-order valence-electron chi connectivity index (χ3n) is 3.38. The van der Waals surface area contributed by atoms with Crippen molar-refractivity contribution in [2.75, 3.05) is 6.61 Å². The van der Waals surface area contributed by atoms with Crippen LogP contribution < -0.4 is 0 Å². The smallest absolute Gasteiger partial charge is 0.181 e. The molecule has 1 saturated heterocycles. The first kappa shape index (κ1) is 13.7. The summed E-state index contributed by atoms with van der Waals surface area (Å²) in [5.41, 5.74) is 9.22. The van der Waals surface area contributed by atoms with E-state index in [1.807, 2.05) is 0 Å². The van der Waals surface area contributed by atoms with Crippen LogP contribution in [0.3, 0.4) is 0 Å². The number of hydrogen-bond acceptors (Lipinski definition) is 7. The van der Waals surface area contributed by atoms with Crippen molar-refractivity contribution in [3.05, 3.63) is 28.9 Å². The van der Waals surface area contributed by atoms with Crippen LogP contribution in [0.5, 0.6) is 0 Å². The minimum absolute atomic E-state index is 0.342. The zero-order chi connectivity index (χ0) is 15.0. The lowest BCUT2D eigenvalue weighted by Crippen LogP contribution is -2.33. The Kier molecular flexibility index (Phi) is 3.45. The van der Waals surface area contributed by atoms with Crippen molar-refractivity contribution >= 4 is 16.7 Å². The SMILES string of the molecule is [N-]=[N+]=Nc1ccnc2c1cnn2[C@@H]1O[C@H](CO)[C@@H](O)[C@H]1O. The van der Waals surface area contributed by atoms with E-state index in [0.717, 1.165) is 0 Å². The molecule has 1 fully saturated rings. The van der Waals surface area contributed by atoms with Crippen LogP contribution in [0.1, 0.15) is 6.23 Å². The highest BCUT2D eigenvalue weighted by molar-refractivity contribution is 5.86. The predicted octanol–water partition coefficient (Wildman–Crippen LogP) is -0.0154. The Bertz CT molecular complexity index is 712. The summed E-state index contributed by atoms with van der Waals surface area (Å²) in [7, 11) is 0. The molecule has 2 aromatic heterocycles. The third kappa shape index (κ3) is 2.11. The standard InChI is InChI=1S/C11H12N6O4/c12-16-15-6-1-2-13-10-5(6)3-14-17(10)11-9(20)8(19)7(4-18)21-11/h1-3,7-9,11,18-20H,4H2/t7-,8-,9-,11-/m1/s1. The Morgan fingerprint density at radius 1 is 1.43 bits per heavy atom. The molecule has 0 radical (unpaired) electrons. The summed E-state index contributed by atoms with van der Waals surface area (Å²) >= 11 is 0. The monoisotopic (exact) mass is 292 g/mol. The van der Waals surface area contributed by atoms with E-state index in [4.69, 9.17) is 15.4 Å². The van der Waals surface area contributed by atoms with Gasteiger partial charge in [-0.05, 0) is 11.6 Å². The first-order chi connectivity index (χ1) is 10.2. The molecule has 3 heterocycles. The van der Waals surface area contributed by atoms with Gasteiger partial charge in [0.05, 0.1) is 18.5 Å². The van der Waals surface area contributed by atoms with Gasteiger partial charge in [-0.2, -0.15) is 5.10 Å². The lowest BCUT2D eigenvalue weighted by molar-refractivity contribution is -0.0566. The highest BCUT2D eigenvalue weighted by atomic mass is 16.6. The molecule has 10 nitrogen and oxygen atoms in total. The number of rotatable bonds is 3. The number of azide groups is 1. The molecule has 0 unspecified atom stereocenters. The first-order valence-electron chi connectivity index (χ1n) is 6.17. The van der Waals surface area contributed by atoms with E-state index in [9.17, 15) is 10.2 Å². The summed E-state index contributed by atoms with van der Waals surface area (Å²) in [4.78, 5) is 6.84. The number of ether oxygens (including phenoxy) is 1. The molecule has 4 atom stereocenters.